The number of pyridine rings is 1. The predicted octanol–water partition coefficient (Wildman–Crippen LogP) is 4.91. The smallest absolute Gasteiger partial charge is 0.255 e. The molecule has 0 bridgehead atoms. The third-order valence-electron chi connectivity index (χ3n) is 3.85. The van der Waals surface area contributed by atoms with Crippen LogP contribution in [0.3, 0.4) is 0 Å². The maximum Gasteiger partial charge on any atom is 0.255 e. The van der Waals surface area contributed by atoms with Crippen LogP contribution in [0.5, 0.6) is 0 Å². The van der Waals surface area contributed by atoms with Crippen molar-refractivity contribution in [2.75, 3.05) is 10.6 Å². The molecule has 3 aromatic rings. The molecule has 0 saturated carbocycles. The van der Waals surface area contributed by atoms with E-state index in [-0.39, 0.29) is 5.91 Å². The zero-order valence-corrected chi connectivity index (χ0v) is 14.5. The van der Waals surface area contributed by atoms with Gasteiger partial charge in [0.1, 0.15) is 5.82 Å². The fraction of sp³-hybridized carbons (Fsp3) is 0.100. The maximum atomic E-state index is 12.5. The molecule has 0 radical (unpaired) electrons. The monoisotopic (exact) mass is 351 g/mol. The average Bonchev–Trinajstić information content (AvgIpc) is 2.65. The molecule has 0 saturated heterocycles. The van der Waals surface area contributed by atoms with Crippen molar-refractivity contribution in [1.29, 1.82) is 0 Å². The summed E-state index contributed by atoms with van der Waals surface area (Å²) in [5.41, 5.74) is 3.22. The second-order valence-electron chi connectivity index (χ2n) is 5.64. The van der Waals surface area contributed by atoms with Crippen LogP contribution in [0.2, 0.25) is 5.02 Å². The van der Waals surface area contributed by atoms with Crippen LogP contribution in [0.1, 0.15) is 21.5 Å². The molecule has 0 spiro atoms. The van der Waals surface area contributed by atoms with Gasteiger partial charge in [-0.05, 0) is 42.3 Å². The van der Waals surface area contributed by atoms with Crippen LogP contribution in [0.4, 0.5) is 11.5 Å². The van der Waals surface area contributed by atoms with Gasteiger partial charge in [0, 0.05) is 29.0 Å². The number of rotatable bonds is 5. The van der Waals surface area contributed by atoms with Crippen LogP contribution < -0.4 is 10.6 Å². The highest BCUT2D eigenvalue weighted by atomic mass is 35.5. The van der Waals surface area contributed by atoms with E-state index in [1.807, 2.05) is 49.4 Å². The lowest BCUT2D eigenvalue weighted by molar-refractivity contribution is 0.102. The summed E-state index contributed by atoms with van der Waals surface area (Å²) >= 11 is 6.10. The molecular weight excluding hydrogens is 334 g/mol. The summed E-state index contributed by atoms with van der Waals surface area (Å²) in [5, 5.41) is 6.74. The molecule has 1 aromatic heterocycles. The van der Waals surface area contributed by atoms with E-state index in [2.05, 4.69) is 15.6 Å². The summed E-state index contributed by atoms with van der Waals surface area (Å²) in [6.45, 7) is 2.52. The molecule has 25 heavy (non-hydrogen) atoms. The van der Waals surface area contributed by atoms with Crippen LogP contribution in [0.15, 0.2) is 66.9 Å². The largest absolute Gasteiger partial charge is 0.366 e. The molecule has 2 aromatic carbocycles. The highest BCUT2D eigenvalue weighted by Gasteiger charge is 2.10. The lowest BCUT2D eigenvalue weighted by Crippen LogP contribution is -2.13. The molecule has 0 atom stereocenters. The van der Waals surface area contributed by atoms with Crippen molar-refractivity contribution in [2.45, 2.75) is 13.5 Å². The number of aromatic nitrogens is 1. The highest BCUT2D eigenvalue weighted by Crippen LogP contribution is 2.23. The van der Waals surface area contributed by atoms with Gasteiger partial charge in [0.15, 0.2) is 0 Å². The van der Waals surface area contributed by atoms with E-state index < -0.39 is 0 Å². The number of nitrogens with one attached hydrogen (secondary N) is 2. The van der Waals surface area contributed by atoms with Crippen LogP contribution in [0.25, 0.3) is 0 Å². The van der Waals surface area contributed by atoms with Crippen LogP contribution in [-0.2, 0) is 6.54 Å². The molecule has 126 valence electrons. The molecule has 0 aliphatic carbocycles. The minimum atomic E-state index is -0.199. The summed E-state index contributed by atoms with van der Waals surface area (Å²) in [7, 11) is 0. The van der Waals surface area contributed by atoms with E-state index in [4.69, 9.17) is 11.6 Å². The Bertz CT molecular complexity index is 881. The summed E-state index contributed by atoms with van der Waals surface area (Å²) in [4.78, 5) is 16.8. The zero-order valence-electron chi connectivity index (χ0n) is 13.8. The Hall–Kier alpha value is -2.85. The number of hydrogen-bond donors (Lipinski definition) is 2. The Kier molecular flexibility index (Phi) is 5.31. The van der Waals surface area contributed by atoms with Crippen molar-refractivity contribution < 1.29 is 4.79 Å². The SMILES string of the molecule is Cc1c(Cl)cccc1NC(=O)c1ccnc(NCc2ccccc2)c1. The first-order valence-electron chi connectivity index (χ1n) is 7.94. The molecule has 2 N–H and O–H groups in total. The van der Waals surface area contributed by atoms with Crippen LogP contribution in [0, 0.1) is 6.92 Å². The Labute approximate surface area is 151 Å². The Morgan fingerprint density at radius 3 is 2.68 bits per heavy atom. The first-order chi connectivity index (χ1) is 12.1. The normalized spacial score (nSPS) is 10.3. The molecule has 4 nitrogen and oxygen atoms in total. The van der Waals surface area contributed by atoms with Crippen molar-refractivity contribution >= 4 is 29.0 Å². The summed E-state index contributed by atoms with van der Waals surface area (Å²) in [5.74, 6) is 0.454. The Morgan fingerprint density at radius 1 is 1.08 bits per heavy atom. The number of amides is 1. The fourth-order valence-electron chi connectivity index (χ4n) is 2.39. The fourth-order valence-corrected chi connectivity index (χ4v) is 2.57. The minimum absolute atomic E-state index is 0.199. The quantitative estimate of drug-likeness (QED) is 0.686. The topological polar surface area (TPSA) is 54.0 Å². The summed E-state index contributed by atoms with van der Waals surface area (Å²) < 4.78 is 0. The van der Waals surface area contributed by atoms with Gasteiger partial charge >= 0.3 is 0 Å². The van der Waals surface area contributed by atoms with Crippen LogP contribution in [-0.4, -0.2) is 10.9 Å². The molecule has 0 aliphatic heterocycles. The predicted molar refractivity (Wildman–Crippen MR) is 102 cm³/mol. The van der Waals surface area contributed by atoms with Gasteiger partial charge in [0.25, 0.3) is 5.91 Å². The number of carbonyl (C=O) groups is 1. The van der Waals surface area contributed by atoms with E-state index >= 15 is 0 Å². The third kappa shape index (κ3) is 4.37. The lowest BCUT2D eigenvalue weighted by Gasteiger charge is -2.11. The molecule has 1 amide bonds. The van der Waals surface area contributed by atoms with Gasteiger partial charge in [-0.3, -0.25) is 4.79 Å². The number of benzene rings is 2. The molecule has 0 aliphatic rings. The standard InChI is InChI=1S/C20H18ClN3O/c1-14-17(21)8-5-9-18(14)24-20(25)16-10-11-22-19(12-16)23-13-15-6-3-2-4-7-15/h2-12H,13H2,1H3,(H,22,23)(H,24,25). The molecule has 5 heteroatoms. The Morgan fingerprint density at radius 2 is 1.88 bits per heavy atom. The van der Waals surface area contributed by atoms with E-state index in [1.165, 1.54) is 0 Å². The van der Waals surface area contributed by atoms with E-state index in [9.17, 15) is 4.79 Å². The molecular formula is C20H18ClN3O. The van der Waals surface area contributed by atoms with E-state index in [0.717, 1.165) is 11.1 Å². The van der Waals surface area contributed by atoms with Gasteiger partial charge in [-0.1, -0.05) is 48.0 Å². The second kappa shape index (κ2) is 7.81. The number of nitrogens with zero attached hydrogens (tertiary/aromatic N) is 1. The van der Waals surface area contributed by atoms with Gasteiger partial charge in [-0.15, -0.1) is 0 Å². The first-order valence-corrected chi connectivity index (χ1v) is 8.31. The summed E-state index contributed by atoms with van der Waals surface area (Å²) in [6.07, 6.45) is 1.62. The first kappa shape index (κ1) is 17.0. The van der Waals surface area contributed by atoms with Crippen LogP contribution >= 0.6 is 11.6 Å². The summed E-state index contributed by atoms with van der Waals surface area (Å²) in [6, 6.07) is 18.9. The second-order valence-corrected chi connectivity index (χ2v) is 6.04. The molecule has 1 heterocycles. The average molecular weight is 352 g/mol. The number of anilines is 2. The van der Waals surface area contributed by atoms with Crippen molar-refractivity contribution in [3.8, 4) is 0 Å². The van der Waals surface area contributed by atoms with E-state index in [0.29, 0.717) is 28.6 Å². The lowest BCUT2D eigenvalue weighted by atomic mass is 10.1. The highest BCUT2D eigenvalue weighted by molar-refractivity contribution is 6.31. The number of carbonyl (C=O) groups excluding carboxylic acids is 1. The van der Waals surface area contributed by atoms with Crippen molar-refractivity contribution in [1.82, 2.24) is 4.98 Å². The van der Waals surface area contributed by atoms with Crippen molar-refractivity contribution in [3.05, 3.63) is 88.6 Å². The Balaban J connectivity index is 1.70. The van der Waals surface area contributed by atoms with Crippen molar-refractivity contribution in [2.24, 2.45) is 0 Å². The molecule has 0 fully saturated rings. The van der Waals surface area contributed by atoms with Gasteiger partial charge in [0.2, 0.25) is 0 Å². The van der Waals surface area contributed by atoms with Crippen molar-refractivity contribution in [3.63, 3.8) is 0 Å². The van der Waals surface area contributed by atoms with Gasteiger partial charge in [-0.25, -0.2) is 4.98 Å². The molecule has 3 rings (SSSR count). The zero-order chi connectivity index (χ0) is 17.6. The van der Waals surface area contributed by atoms with Gasteiger partial charge in [0.05, 0.1) is 0 Å². The van der Waals surface area contributed by atoms with Gasteiger partial charge in [-0.2, -0.15) is 0 Å². The molecule has 0 unspecified atom stereocenters. The van der Waals surface area contributed by atoms with E-state index in [1.54, 1.807) is 24.4 Å². The third-order valence-corrected chi connectivity index (χ3v) is 4.26. The number of halogens is 1. The van der Waals surface area contributed by atoms with Gasteiger partial charge < -0.3 is 10.6 Å². The number of hydrogen-bond acceptors (Lipinski definition) is 3. The minimum Gasteiger partial charge on any atom is -0.366 e. The maximum absolute atomic E-state index is 12.5.